The maximum atomic E-state index is 9.15. The fourth-order valence-corrected chi connectivity index (χ4v) is 3.20. The number of hydrogen-bond acceptors (Lipinski definition) is 3. The van der Waals surface area contributed by atoms with E-state index >= 15 is 0 Å². The molecule has 1 unspecified atom stereocenters. The number of hydrogen-bond donors (Lipinski definition) is 0. The lowest BCUT2D eigenvalue weighted by atomic mass is 9.89. The maximum absolute atomic E-state index is 9.15. The maximum Gasteiger partial charge on any atom is 0.0669 e. The molecule has 0 aromatic heterocycles. The van der Waals surface area contributed by atoms with Crippen LogP contribution in [0.2, 0.25) is 0 Å². The third-order valence-electron chi connectivity index (χ3n) is 4.19. The van der Waals surface area contributed by atoms with Crippen LogP contribution >= 0.6 is 15.9 Å². The third kappa shape index (κ3) is 4.84. The Hall–Kier alpha value is -1.36. The Labute approximate surface area is 135 Å². The predicted octanol–water partition coefficient (Wildman–Crippen LogP) is 4.07. The van der Waals surface area contributed by atoms with Crippen molar-refractivity contribution >= 4 is 15.9 Å². The highest BCUT2D eigenvalue weighted by Crippen LogP contribution is 2.29. The van der Waals surface area contributed by atoms with Gasteiger partial charge in [0.05, 0.1) is 18.1 Å². The summed E-state index contributed by atoms with van der Waals surface area (Å²) >= 11 is 3.47. The largest absolute Gasteiger partial charge is 0.302 e. The highest BCUT2D eigenvalue weighted by atomic mass is 79.9. The molecule has 0 aliphatic carbocycles. The number of likely N-dealkylation sites (tertiary alicyclic amines) is 1. The van der Waals surface area contributed by atoms with Crippen molar-refractivity contribution in [3.8, 4) is 12.1 Å². The standard InChI is InChI=1S/C17H20BrN3/c18-17-5-3-15(4-6-17)16-7-10-21(11-8-16)13-14(12-20)2-1-9-19/h3-6,14,16H,1-2,7-8,10-11,13H2. The van der Waals surface area contributed by atoms with Crippen LogP contribution in [0.15, 0.2) is 28.7 Å². The first-order valence-corrected chi connectivity index (χ1v) is 8.26. The molecule has 1 atom stereocenters. The van der Waals surface area contributed by atoms with E-state index in [2.05, 4.69) is 57.2 Å². The lowest BCUT2D eigenvalue weighted by Crippen LogP contribution is -2.36. The molecule has 0 bridgehead atoms. The summed E-state index contributed by atoms with van der Waals surface area (Å²) < 4.78 is 1.12. The van der Waals surface area contributed by atoms with E-state index in [9.17, 15) is 0 Å². The van der Waals surface area contributed by atoms with Gasteiger partial charge in [0.25, 0.3) is 0 Å². The average Bonchev–Trinajstić information content (AvgIpc) is 2.53. The number of rotatable bonds is 5. The topological polar surface area (TPSA) is 50.8 Å². The Morgan fingerprint density at radius 3 is 2.43 bits per heavy atom. The zero-order valence-corrected chi connectivity index (χ0v) is 13.7. The van der Waals surface area contributed by atoms with Gasteiger partial charge in [0.1, 0.15) is 0 Å². The van der Waals surface area contributed by atoms with E-state index in [1.54, 1.807) is 0 Å². The molecule has 3 nitrogen and oxygen atoms in total. The quantitative estimate of drug-likeness (QED) is 0.807. The van der Waals surface area contributed by atoms with Gasteiger partial charge in [0.15, 0.2) is 0 Å². The number of nitriles is 2. The number of nitrogens with zero attached hydrogens (tertiary/aromatic N) is 3. The third-order valence-corrected chi connectivity index (χ3v) is 4.72. The Kier molecular flexibility index (Phi) is 6.23. The molecule has 0 spiro atoms. The summed E-state index contributed by atoms with van der Waals surface area (Å²) in [5, 5.41) is 17.8. The average molecular weight is 346 g/mol. The second-order valence-electron chi connectivity index (χ2n) is 5.65. The first-order valence-electron chi connectivity index (χ1n) is 7.47. The number of piperidine rings is 1. The second kappa shape index (κ2) is 8.17. The van der Waals surface area contributed by atoms with E-state index in [1.165, 1.54) is 5.56 Å². The molecule has 2 rings (SSSR count). The van der Waals surface area contributed by atoms with Crippen LogP contribution in [-0.4, -0.2) is 24.5 Å². The molecular weight excluding hydrogens is 326 g/mol. The van der Waals surface area contributed by atoms with Crippen molar-refractivity contribution in [1.82, 2.24) is 4.90 Å². The van der Waals surface area contributed by atoms with Gasteiger partial charge < -0.3 is 4.90 Å². The molecule has 1 aliphatic heterocycles. The summed E-state index contributed by atoms with van der Waals surface area (Å²) in [6.45, 7) is 2.90. The molecule has 0 radical (unpaired) electrons. The Morgan fingerprint density at radius 1 is 1.19 bits per heavy atom. The van der Waals surface area contributed by atoms with Gasteiger partial charge in [-0.25, -0.2) is 0 Å². The normalized spacial score (nSPS) is 17.9. The second-order valence-corrected chi connectivity index (χ2v) is 6.56. The van der Waals surface area contributed by atoms with Crippen LogP contribution in [0.25, 0.3) is 0 Å². The van der Waals surface area contributed by atoms with Gasteiger partial charge in [-0.15, -0.1) is 0 Å². The van der Waals surface area contributed by atoms with Crippen LogP contribution < -0.4 is 0 Å². The van der Waals surface area contributed by atoms with Crippen molar-refractivity contribution in [2.45, 2.75) is 31.6 Å². The molecule has 0 saturated carbocycles. The summed E-state index contributed by atoms with van der Waals surface area (Å²) in [7, 11) is 0. The molecule has 1 aromatic carbocycles. The summed E-state index contributed by atoms with van der Waals surface area (Å²) in [6.07, 6.45) is 3.48. The van der Waals surface area contributed by atoms with Crippen molar-refractivity contribution in [3.63, 3.8) is 0 Å². The van der Waals surface area contributed by atoms with E-state index in [-0.39, 0.29) is 5.92 Å². The predicted molar refractivity (Wildman–Crippen MR) is 86.5 cm³/mol. The van der Waals surface area contributed by atoms with Crippen molar-refractivity contribution in [2.75, 3.05) is 19.6 Å². The van der Waals surface area contributed by atoms with E-state index in [4.69, 9.17) is 10.5 Å². The summed E-state index contributed by atoms with van der Waals surface area (Å²) in [4.78, 5) is 2.38. The van der Waals surface area contributed by atoms with E-state index in [1.807, 2.05) is 0 Å². The lowest BCUT2D eigenvalue weighted by molar-refractivity contribution is 0.193. The lowest BCUT2D eigenvalue weighted by Gasteiger charge is -2.33. The van der Waals surface area contributed by atoms with Gasteiger partial charge in [-0.2, -0.15) is 10.5 Å². The fourth-order valence-electron chi connectivity index (χ4n) is 2.93. The Morgan fingerprint density at radius 2 is 1.86 bits per heavy atom. The highest BCUT2D eigenvalue weighted by molar-refractivity contribution is 9.10. The van der Waals surface area contributed by atoms with Crippen LogP contribution in [-0.2, 0) is 0 Å². The van der Waals surface area contributed by atoms with Crippen LogP contribution in [0.4, 0.5) is 0 Å². The van der Waals surface area contributed by atoms with Gasteiger partial charge >= 0.3 is 0 Å². The Bertz CT molecular complexity index is 518. The molecule has 21 heavy (non-hydrogen) atoms. The Balaban J connectivity index is 1.81. The van der Waals surface area contributed by atoms with E-state index in [0.717, 1.165) is 36.9 Å². The monoisotopic (exact) mass is 345 g/mol. The molecule has 1 fully saturated rings. The van der Waals surface area contributed by atoms with Gasteiger partial charge in [-0.3, -0.25) is 0 Å². The smallest absolute Gasteiger partial charge is 0.0669 e. The van der Waals surface area contributed by atoms with E-state index in [0.29, 0.717) is 18.8 Å². The molecule has 1 aliphatic rings. The van der Waals surface area contributed by atoms with E-state index < -0.39 is 0 Å². The van der Waals surface area contributed by atoms with Crippen LogP contribution in [0.1, 0.15) is 37.2 Å². The molecule has 1 aromatic rings. The van der Waals surface area contributed by atoms with Crippen LogP contribution in [0, 0.1) is 28.6 Å². The SMILES string of the molecule is N#CCCC(C#N)CN1CCC(c2ccc(Br)cc2)CC1. The fraction of sp³-hybridized carbons (Fsp3) is 0.529. The summed E-state index contributed by atoms with van der Waals surface area (Å²) in [5.74, 6) is 0.628. The molecule has 0 N–H and O–H groups in total. The molecule has 0 amide bonds. The van der Waals surface area contributed by atoms with Crippen molar-refractivity contribution in [1.29, 1.82) is 10.5 Å². The minimum atomic E-state index is -0.00567. The zero-order valence-electron chi connectivity index (χ0n) is 12.1. The number of benzene rings is 1. The highest BCUT2D eigenvalue weighted by Gasteiger charge is 2.22. The minimum absolute atomic E-state index is 0.00567. The molecule has 4 heteroatoms. The summed E-state index contributed by atoms with van der Waals surface area (Å²) in [5.41, 5.74) is 1.42. The molecule has 1 heterocycles. The van der Waals surface area contributed by atoms with Crippen LogP contribution in [0.5, 0.6) is 0 Å². The van der Waals surface area contributed by atoms with Crippen molar-refractivity contribution in [3.05, 3.63) is 34.3 Å². The first-order chi connectivity index (χ1) is 10.2. The first kappa shape index (κ1) is 16.0. The molecule has 110 valence electrons. The van der Waals surface area contributed by atoms with Gasteiger partial charge in [-0.1, -0.05) is 28.1 Å². The molecule has 1 saturated heterocycles. The van der Waals surface area contributed by atoms with Crippen molar-refractivity contribution < 1.29 is 0 Å². The minimum Gasteiger partial charge on any atom is -0.302 e. The van der Waals surface area contributed by atoms with Gasteiger partial charge in [0, 0.05) is 17.4 Å². The zero-order chi connectivity index (χ0) is 15.1. The van der Waals surface area contributed by atoms with Gasteiger partial charge in [-0.05, 0) is 56.0 Å². The van der Waals surface area contributed by atoms with Crippen molar-refractivity contribution in [2.24, 2.45) is 5.92 Å². The number of halogens is 1. The summed E-state index contributed by atoms with van der Waals surface area (Å²) in [6, 6.07) is 13.1. The van der Waals surface area contributed by atoms with Gasteiger partial charge in [0.2, 0.25) is 0 Å². The molecular formula is C17H20BrN3. The van der Waals surface area contributed by atoms with Crippen LogP contribution in [0.3, 0.4) is 0 Å².